The average molecular weight is 490 g/mol. The molecule has 1 unspecified atom stereocenters. The summed E-state index contributed by atoms with van der Waals surface area (Å²) in [6.07, 6.45) is 0.458. The van der Waals surface area contributed by atoms with Gasteiger partial charge < -0.3 is 9.64 Å². The smallest absolute Gasteiger partial charge is 0.376 e. The maximum Gasteiger partial charge on any atom is 0.408 e. The lowest BCUT2D eigenvalue weighted by Gasteiger charge is -2.15. The standard InChI is InChI=1S/C22H15F5N6O2/c23-13-1-15(24)20-29-4-18(32(20)7-13)19-14-3-28-16(2-17(14)33(30-19)10-22(25,26)27)21(34)31-5-11-8-35-9-12(11)6-31/h1-5,7,12H,6,8-10H2. The Morgan fingerprint density at radius 3 is 2.77 bits per heavy atom. The van der Waals surface area contributed by atoms with Crippen molar-refractivity contribution in [2.24, 2.45) is 5.92 Å². The molecule has 4 aromatic rings. The van der Waals surface area contributed by atoms with Gasteiger partial charge >= 0.3 is 6.18 Å². The molecule has 0 N–H and O–H groups in total. The minimum Gasteiger partial charge on any atom is -0.376 e. The first-order chi connectivity index (χ1) is 16.7. The first-order valence-electron chi connectivity index (χ1n) is 10.5. The Bertz CT molecular complexity index is 1540. The Hall–Kier alpha value is -3.87. The number of aromatic nitrogens is 5. The lowest BCUT2D eigenvalue weighted by molar-refractivity contribution is -0.141. The Morgan fingerprint density at radius 2 is 2.00 bits per heavy atom. The second kappa shape index (κ2) is 7.57. The third kappa shape index (κ3) is 3.62. The minimum absolute atomic E-state index is 0.00197. The average Bonchev–Trinajstić information content (AvgIpc) is 3.54. The van der Waals surface area contributed by atoms with Crippen LogP contribution in [0.4, 0.5) is 22.0 Å². The number of alkyl halides is 3. The predicted molar refractivity (Wildman–Crippen MR) is 111 cm³/mol. The van der Waals surface area contributed by atoms with Crippen molar-refractivity contribution in [1.29, 1.82) is 0 Å². The van der Waals surface area contributed by atoms with Gasteiger partial charge in [-0.2, -0.15) is 18.3 Å². The lowest BCUT2D eigenvalue weighted by Crippen LogP contribution is -2.27. The lowest BCUT2D eigenvalue weighted by atomic mass is 10.1. The van der Waals surface area contributed by atoms with Crippen LogP contribution in [0.15, 0.2) is 42.5 Å². The van der Waals surface area contributed by atoms with Crippen LogP contribution in [-0.2, 0) is 11.3 Å². The Morgan fingerprint density at radius 1 is 1.17 bits per heavy atom. The summed E-state index contributed by atoms with van der Waals surface area (Å²) in [6.45, 7) is -0.0962. The summed E-state index contributed by atoms with van der Waals surface area (Å²) in [5.41, 5.74) is 0.774. The number of pyridine rings is 2. The van der Waals surface area contributed by atoms with E-state index in [0.29, 0.717) is 30.5 Å². The number of nitrogens with zero attached hydrogens (tertiary/aromatic N) is 6. The molecule has 1 amide bonds. The number of hydrogen-bond acceptors (Lipinski definition) is 5. The Kier molecular flexibility index (Phi) is 4.68. The molecule has 0 aliphatic carbocycles. The monoisotopic (exact) mass is 490 g/mol. The van der Waals surface area contributed by atoms with Crippen LogP contribution in [0.2, 0.25) is 0 Å². The van der Waals surface area contributed by atoms with Crippen LogP contribution in [0, 0.1) is 17.6 Å². The zero-order valence-corrected chi connectivity index (χ0v) is 17.8. The number of hydrogen-bond donors (Lipinski definition) is 0. The maximum atomic E-state index is 14.1. The molecule has 35 heavy (non-hydrogen) atoms. The number of rotatable bonds is 3. The van der Waals surface area contributed by atoms with E-state index in [2.05, 4.69) is 15.1 Å². The molecule has 1 atom stereocenters. The van der Waals surface area contributed by atoms with Crippen molar-refractivity contribution in [3.63, 3.8) is 0 Å². The first kappa shape index (κ1) is 21.6. The molecule has 180 valence electrons. The van der Waals surface area contributed by atoms with Gasteiger partial charge in [-0.15, -0.1) is 0 Å². The van der Waals surface area contributed by atoms with Crippen LogP contribution in [-0.4, -0.2) is 60.9 Å². The molecule has 0 spiro atoms. The van der Waals surface area contributed by atoms with E-state index < -0.39 is 30.3 Å². The summed E-state index contributed by atoms with van der Waals surface area (Å²) in [6, 6.07) is 1.90. The fraction of sp³-hybridized carbons (Fsp3) is 0.273. The summed E-state index contributed by atoms with van der Waals surface area (Å²) in [4.78, 5) is 22.6. The molecule has 2 aliphatic heterocycles. The number of imidazole rings is 1. The summed E-state index contributed by atoms with van der Waals surface area (Å²) >= 11 is 0. The highest BCUT2D eigenvalue weighted by Crippen LogP contribution is 2.32. The van der Waals surface area contributed by atoms with Crippen molar-refractivity contribution in [2.75, 3.05) is 19.8 Å². The van der Waals surface area contributed by atoms with Gasteiger partial charge in [0, 0.05) is 42.5 Å². The highest BCUT2D eigenvalue weighted by atomic mass is 19.4. The molecule has 4 aromatic heterocycles. The highest BCUT2D eigenvalue weighted by Gasteiger charge is 2.34. The normalized spacial score (nSPS) is 18.0. The zero-order chi connectivity index (χ0) is 24.5. The number of ether oxygens (including phenoxy) is 1. The molecule has 0 saturated carbocycles. The van der Waals surface area contributed by atoms with E-state index >= 15 is 0 Å². The second-order valence-corrected chi connectivity index (χ2v) is 8.43. The summed E-state index contributed by atoms with van der Waals surface area (Å²) in [5.74, 6) is -2.19. The van der Waals surface area contributed by atoms with Gasteiger partial charge in [-0.1, -0.05) is 0 Å². The van der Waals surface area contributed by atoms with E-state index in [4.69, 9.17) is 4.74 Å². The van der Waals surface area contributed by atoms with Crippen LogP contribution in [0.25, 0.3) is 27.9 Å². The van der Waals surface area contributed by atoms with Crippen LogP contribution in [0.1, 0.15) is 10.5 Å². The highest BCUT2D eigenvalue weighted by molar-refractivity contribution is 5.99. The van der Waals surface area contributed by atoms with Gasteiger partial charge in [0.05, 0.1) is 30.6 Å². The van der Waals surface area contributed by atoms with Gasteiger partial charge in [0.2, 0.25) is 0 Å². The number of fused-ring (bicyclic) bond motifs is 3. The molecule has 6 heterocycles. The molecule has 0 bridgehead atoms. The van der Waals surface area contributed by atoms with Crippen molar-refractivity contribution in [2.45, 2.75) is 12.7 Å². The summed E-state index contributed by atoms with van der Waals surface area (Å²) < 4.78 is 75.1. The van der Waals surface area contributed by atoms with Gasteiger partial charge in [-0.3, -0.25) is 18.9 Å². The van der Waals surface area contributed by atoms with E-state index in [9.17, 15) is 26.7 Å². The zero-order valence-electron chi connectivity index (χ0n) is 17.8. The minimum atomic E-state index is -4.61. The number of amides is 1. The topological polar surface area (TPSA) is 77.6 Å². The van der Waals surface area contributed by atoms with E-state index in [-0.39, 0.29) is 39.5 Å². The quantitative estimate of drug-likeness (QED) is 0.411. The molecular weight excluding hydrogens is 475 g/mol. The molecule has 1 saturated heterocycles. The molecular formula is C22H15F5N6O2. The third-order valence-electron chi connectivity index (χ3n) is 6.07. The van der Waals surface area contributed by atoms with Crippen molar-refractivity contribution < 1.29 is 31.5 Å². The van der Waals surface area contributed by atoms with Gasteiger partial charge in [-0.05, 0) is 11.6 Å². The first-order valence-corrected chi connectivity index (χ1v) is 10.5. The molecule has 6 rings (SSSR count). The third-order valence-corrected chi connectivity index (χ3v) is 6.07. The van der Waals surface area contributed by atoms with Gasteiger partial charge in [-0.25, -0.2) is 13.8 Å². The van der Waals surface area contributed by atoms with E-state index in [1.807, 2.05) is 0 Å². The summed E-state index contributed by atoms with van der Waals surface area (Å²) in [5, 5.41) is 4.24. The molecule has 2 aliphatic rings. The maximum absolute atomic E-state index is 14.1. The second-order valence-electron chi connectivity index (χ2n) is 8.43. The molecule has 0 radical (unpaired) electrons. The fourth-order valence-electron chi connectivity index (χ4n) is 4.49. The molecule has 0 aromatic carbocycles. The largest absolute Gasteiger partial charge is 0.408 e. The van der Waals surface area contributed by atoms with Gasteiger partial charge in [0.25, 0.3) is 5.91 Å². The van der Waals surface area contributed by atoms with Crippen LogP contribution in [0.5, 0.6) is 0 Å². The molecule has 8 nitrogen and oxygen atoms in total. The summed E-state index contributed by atoms with van der Waals surface area (Å²) in [7, 11) is 0. The van der Waals surface area contributed by atoms with Crippen molar-refractivity contribution in [3.8, 4) is 11.4 Å². The van der Waals surface area contributed by atoms with E-state index in [0.717, 1.165) is 16.2 Å². The number of halogens is 5. The Balaban J connectivity index is 1.47. The number of carbonyl (C=O) groups is 1. The fourth-order valence-corrected chi connectivity index (χ4v) is 4.49. The van der Waals surface area contributed by atoms with E-state index in [1.165, 1.54) is 23.4 Å². The van der Waals surface area contributed by atoms with Gasteiger partial charge in [0.1, 0.15) is 23.7 Å². The molecule has 1 fully saturated rings. The molecule has 13 heteroatoms. The SMILES string of the molecule is O=C(c1cc2c(cn1)c(-c1cnc3c(F)cc(F)cn13)nn2CC(F)(F)F)N1C=C2COCC2C1. The van der Waals surface area contributed by atoms with Crippen LogP contribution >= 0.6 is 0 Å². The number of carbonyl (C=O) groups excluding carboxylic acids is 1. The van der Waals surface area contributed by atoms with Crippen molar-refractivity contribution in [1.82, 2.24) is 29.0 Å². The van der Waals surface area contributed by atoms with Gasteiger partial charge in [0.15, 0.2) is 11.5 Å². The Labute approximate surface area is 193 Å². The van der Waals surface area contributed by atoms with Crippen LogP contribution in [0.3, 0.4) is 0 Å². The van der Waals surface area contributed by atoms with Crippen LogP contribution < -0.4 is 0 Å². The van der Waals surface area contributed by atoms with Crippen molar-refractivity contribution >= 4 is 22.5 Å². The van der Waals surface area contributed by atoms with E-state index in [1.54, 1.807) is 6.20 Å². The van der Waals surface area contributed by atoms with Crippen molar-refractivity contribution in [3.05, 3.63) is 59.8 Å². The predicted octanol–water partition coefficient (Wildman–Crippen LogP) is 3.57.